The van der Waals surface area contributed by atoms with Crippen molar-refractivity contribution < 1.29 is 28.7 Å². The Kier molecular flexibility index (Phi) is 5.12. The highest BCUT2D eigenvalue weighted by Crippen LogP contribution is 2.29. The van der Waals surface area contributed by atoms with Crippen LogP contribution in [0, 0.1) is 5.82 Å². The van der Waals surface area contributed by atoms with Crippen molar-refractivity contribution >= 4 is 13.1 Å². The molecular formula is C11H14BFO5. The van der Waals surface area contributed by atoms with Crippen molar-refractivity contribution in [3.05, 3.63) is 29.1 Å². The van der Waals surface area contributed by atoms with Gasteiger partial charge >= 0.3 is 13.1 Å². The average Bonchev–Trinajstić information content (AvgIpc) is 2.51. The standard InChI is InChI=1S/C9H8BFO5.C2H6/c11-6-2-1-5-3-15-4-10(14)16-8(5)7(6)9(12)13;1-2/h1-2,14H,3-4H2,(H,12,13);1-2H3. The maximum absolute atomic E-state index is 13.3. The Labute approximate surface area is 104 Å². The third-order valence-corrected chi connectivity index (χ3v) is 2.17. The first-order valence-corrected chi connectivity index (χ1v) is 5.56. The van der Waals surface area contributed by atoms with E-state index in [1.54, 1.807) is 0 Å². The van der Waals surface area contributed by atoms with E-state index in [0.717, 1.165) is 6.07 Å². The third-order valence-electron chi connectivity index (χ3n) is 2.17. The van der Waals surface area contributed by atoms with Crippen molar-refractivity contribution in [3.8, 4) is 5.75 Å². The molecule has 0 radical (unpaired) electrons. The number of carboxylic acid groups (broad SMARTS) is 1. The summed E-state index contributed by atoms with van der Waals surface area (Å²) >= 11 is 0. The summed E-state index contributed by atoms with van der Waals surface area (Å²) in [6.45, 7) is 3.99. The van der Waals surface area contributed by atoms with Gasteiger partial charge in [-0.2, -0.15) is 0 Å². The van der Waals surface area contributed by atoms with Crippen LogP contribution in [0.2, 0.25) is 0 Å². The molecule has 1 aliphatic rings. The van der Waals surface area contributed by atoms with Crippen LogP contribution in [0.3, 0.4) is 0 Å². The normalized spacial score (nSPS) is 13.7. The van der Waals surface area contributed by atoms with E-state index < -0.39 is 24.5 Å². The van der Waals surface area contributed by atoms with Gasteiger partial charge in [-0.3, -0.25) is 0 Å². The van der Waals surface area contributed by atoms with Gasteiger partial charge in [-0.1, -0.05) is 19.9 Å². The molecule has 2 rings (SSSR count). The van der Waals surface area contributed by atoms with E-state index in [0.29, 0.717) is 5.56 Å². The van der Waals surface area contributed by atoms with Gasteiger partial charge in [-0.25, -0.2) is 9.18 Å². The molecule has 1 aliphatic heterocycles. The molecule has 0 amide bonds. The Bertz CT molecular complexity index is 438. The van der Waals surface area contributed by atoms with E-state index in [9.17, 15) is 14.2 Å². The Balaban J connectivity index is 0.000000771. The van der Waals surface area contributed by atoms with Crippen LogP contribution < -0.4 is 4.65 Å². The summed E-state index contributed by atoms with van der Waals surface area (Å²) in [6.07, 6.45) is 0. The van der Waals surface area contributed by atoms with Gasteiger partial charge in [-0.15, -0.1) is 0 Å². The highest BCUT2D eigenvalue weighted by molar-refractivity contribution is 6.43. The van der Waals surface area contributed by atoms with Crippen molar-refractivity contribution in [1.29, 1.82) is 0 Å². The Hall–Kier alpha value is -1.60. The fourth-order valence-corrected chi connectivity index (χ4v) is 1.49. The number of hydrogen-bond donors (Lipinski definition) is 2. The number of hydrogen-bond acceptors (Lipinski definition) is 4. The Morgan fingerprint density at radius 3 is 2.72 bits per heavy atom. The zero-order chi connectivity index (χ0) is 13.7. The average molecular weight is 256 g/mol. The van der Waals surface area contributed by atoms with Crippen LogP contribution in [-0.4, -0.2) is 29.7 Å². The lowest BCUT2D eigenvalue weighted by Gasteiger charge is -2.11. The Morgan fingerprint density at radius 1 is 1.44 bits per heavy atom. The number of rotatable bonds is 1. The molecule has 1 aromatic carbocycles. The van der Waals surface area contributed by atoms with Crippen LogP contribution in [0.5, 0.6) is 5.75 Å². The summed E-state index contributed by atoms with van der Waals surface area (Å²) in [4.78, 5) is 10.9. The molecule has 0 fully saturated rings. The zero-order valence-electron chi connectivity index (χ0n) is 10.1. The quantitative estimate of drug-likeness (QED) is 0.744. The molecule has 1 aromatic rings. The smallest absolute Gasteiger partial charge is 0.534 e. The van der Waals surface area contributed by atoms with Gasteiger partial charge in [0.15, 0.2) is 0 Å². The van der Waals surface area contributed by atoms with E-state index in [1.165, 1.54) is 6.07 Å². The molecule has 0 aliphatic carbocycles. The summed E-state index contributed by atoms with van der Waals surface area (Å²) in [5.74, 6) is -2.51. The maximum Gasteiger partial charge on any atom is 0.550 e. The molecule has 1 heterocycles. The van der Waals surface area contributed by atoms with Gasteiger partial charge in [0.25, 0.3) is 0 Å². The predicted molar refractivity (Wildman–Crippen MR) is 63.0 cm³/mol. The summed E-state index contributed by atoms with van der Waals surface area (Å²) < 4.78 is 23.3. The second-order valence-corrected chi connectivity index (χ2v) is 3.30. The minimum Gasteiger partial charge on any atom is -0.534 e. The molecule has 18 heavy (non-hydrogen) atoms. The number of ether oxygens (including phenoxy) is 1. The Morgan fingerprint density at radius 2 is 2.11 bits per heavy atom. The van der Waals surface area contributed by atoms with Crippen LogP contribution in [0.1, 0.15) is 29.8 Å². The SMILES string of the molecule is CC.O=C(O)c1c(F)ccc2c1OB(O)COC2. The van der Waals surface area contributed by atoms with Crippen LogP contribution in [0.15, 0.2) is 12.1 Å². The largest absolute Gasteiger partial charge is 0.550 e. The molecule has 5 nitrogen and oxygen atoms in total. The van der Waals surface area contributed by atoms with E-state index in [1.807, 2.05) is 13.8 Å². The lowest BCUT2D eigenvalue weighted by molar-refractivity contribution is 0.0689. The number of carbonyl (C=O) groups is 1. The van der Waals surface area contributed by atoms with Gasteiger partial charge in [0.05, 0.1) is 13.1 Å². The lowest BCUT2D eigenvalue weighted by atomic mass is 9.93. The summed E-state index contributed by atoms with van der Waals surface area (Å²) in [5, 5.41) is 18.1. The highest BCUT2D eigenvalue weighted by atomic mass is 19.1. The fourth-order valence-electron chi connectivity index (χ4n) is 1.49. The van der Waals surface area contributed by atoms with Gasteiger partial charge in [0, 0.05) is 5.56 Å². The number of fused-ring (bicyclic) bond motifs is 1. The van der Waals surface area contributed by atoms with Crippen LogP contribution in [0.4, 0.5) is 4.39 Å². The topological polar surface area (TPSA) is 76.0 Å². The molecule has 2 N–H and O–H groups in total. The van der Waals surface area contributed by atoms with E-state index in [4.69, 9.17) is 14.5 Å². The van der Waals surface area contributed by atoms with Gasteiger partial charge in [0.1, 0.15) is 17.1 Å². The van der Waals surface area contributed by atoms with Crippen molar-refractivity contribution in [1.82, 2.24) is 0 Å². The molecule has 0 atom stereocenters. The molecule has 7 heteroatoms. The lowest BCUT2D eigenvalue weighted by Crippen LogP contribution is -2.27. The molecule has 0 spiro atoms. The van der Waals surface area contributed by atoms with E-state index in [2.05, 4.69) is 0 Å². The van der Waals surface area contributed by atoms with Crippen LogP contribution >= 0.6 is 0 Å². The van der Waals surface area contributed by atoms with Gasteiger partial charge in [0.2, 0.25) is 0 Å². The molecule has 98 valence electrons. The van der Waals surface area contributed by atoms with Crippen molar-refractivity contribution in [2.75, 3.05) is 6.51 Å². The number of aromatic carboxylic acids is 1. The summed E-state index contributed by atoms with van der Waals surface area (Å²) in [5.41, 5.74) is -0.183. The van der Waals surface area contributed by atoms with Gasteiger partial charge < -0.3 is 19.5 Å². The monoisotopic (exact) mass is 256 g/mol. The summed E-state index contributed by atoms with van der Waals surface area (Å²) in [7, 11) is -1.29. The first-order chi connectivity index (χ1) is 8.59. The number of halogens is 1. The first kappa shape index (κ1) is 14.5. The van der Waals surface area contributed by atoms with Crippen molar-refractivity contribution in [2.45, 2.75) is 20.5 Å². The van der Waals surface area contributed by atoms with Crippen LogP contribution in [0.25, 0.3) is 0 Å². The second-order valence-electron chi connectivity index (χ2n) is 3.30. The van der Waals surface area contributed by atoms with E-state index in [-0.39, 0.29) is 18.9 Å². The van der Waals surface area contributed by atoms with Crippen molar-refractivity contribution in [3.63, 3.8) is 0 Å². The molecule has 0 bridgehead atoms. The summed E-state index contributed by atoms with van der Waals surface area (Å²) in [6, 6.07) is 2.40. The predicted octanol–water partition coefficient (Wildman–Crippen LogP) is 1.48. The number of benzene rings is 1. The number of carboxylic acids is 1. The maximum atomic E-state index is 13.3. The third kappa shape index (κ3) is 2.99. The fraction of sp³-hybridized carbons (Fsp3) is 0.364. The molecule has 0 saturated carbocycles. The molecule has 0 saturated heterocycles. The molecule has 0 unspecified atom stereocenters. The zero-order valence-corrected chi connectivity index (χ0v) is 10.1. The van der Waals surface area contributed by atoms with Crippen molar-refractivity contribution in [2.24, 2.45) is 0 Å². The second kappa shape index (κ2) is 6.37. The minimum absolute atomic E-state index is 0.0763. The van der Waals surface area contributed by atoms with Gasteiger partial charge in [-0.05, 0) is 6.07 Å². The molecular weight excluding hydrogens is 242 g/mol. The highest BCUT2D eigenvalue weighted by Gasteiger charge is 2.28. The first-order valence-electron chi connectivity index (χ1n) is 5.56. The molecule has 0 aromatic heterocycles. The minimum atomic E-state index is -1.44. The van der Waals surface area contributed by atoms with Crippen LogP contribution in [-0.2, 0) is 11.3 Å². The van der Waals surface area contributed by atoms with E-state index >= 15 is 0 Å².